The summed E-state index contributed by atoms with van der Waals surface area (Å²) in [4.78, 5) is 29.0. The minimum atomic E-state index is -4.34. The largest absolute Gasteiger partial charge is 0.460 e. The second-order valence-corrected chi connectivity index (χ2v) is 11.8. The first kappa shape index (κ1) is 28.3. The first-order valence-electron chi connectivity index (χ1n) is 10.5. The third-order valence-corrected chi connectivity index (χ3v) is 5.92. The fourth-order valence-corrected chi connectivity index (χ4v) is 4.36. The third-order valence-electron chi connectivity index (χ3n) is 4.15. The van der Waals surface area contributed by atoms with Gasteiger partial charge in [0, 0.05) is 17.0 Å². The molecule has 1 heterocycles. The summed E-state index contributed by atoms with van der Waals surface area (Å²) in [6.07, 6.45) is 0.754. The number of benzene rings is 1. The van der Waals surface area contributed by atoms with Crippen molar-refractivity contribution in [2.45, 2.75) is 70.1 Å². The van der Waals surface area contributed by atoms with Gasteiger partial charge in [0.25, 0.3) is 0 Å². The number of pyridine rings is 1. The second kappa shape index (κ2) is 10.3. The summed E-state index contributed by atoms with van der Waals surface area (Å²) in [7, 11) is -4.34. The maximum atomic E-state index is 13.2. The van der Waals surface area contributed by atoms with Crippen LogP contribution in [0.4, 0.5) is 5.82 Å². The van der Waals surface area contributed by atoms with Gasteiger partial charge in [-0.05, 0) is 53.7 Å². The Labute approximate surface area is 209 Å². The van der Waals surface area contributed by atoms with Crippen LogP contribution >= 0.6 is 11.6 Å². The van der Waals surface area contributed by atoms with Gasteiger partial charge in [-0.15, -0.1) is 0 Å². The Balaban J connectivity index is 2.46. The van der Waals surface area contributed by atoms with Crippen LogP contribution in [-0.4, -0.2) is 48.5 Å². The zero-order chi connectivity index (χ0) is 26.8. The lowest BCUT2D eigenvalue weighted by molar-refractivity contribution is -0.164. The van der Waals surface area contributed by atoms with Crippen molar-refractivity contribution < 1.29 is 27.5 Å². The number of halogens is 1. The van der Waals surface area contributed by atoms with Crippen LogP contribution in [0.2, 0.25) is 5.02 Å². The van der Waals surface area contributed by atoms with Crippen molar-refractivity contribution in [1.29, 1.82) is 5.41 Å². The summed E-state index contributed by atoms with van der Waals surface area (Å²) in [6.45, 7) is 9.81. The van der Waals surface area contributed by atoms with Gasteiger partial charge in [0.1, 0.15) is 23.1 Å². The smallest absolute Gasteiger partial charge is 0.325 e. The minimum Gasteiger partial charge on any atom is -0.460 e. The number of ether oxygens (including phenoxy) is 2. The number of nitrogens with zero attached hydrogens (tertiary/aromatic N) is 1. The van der Waals surface area contributed by atoms with E-state index in [2.05, 4.69) is 15.0 Å². The Bertz CT molecular complexity index is 1250. The summed E-state index contributed by atoms with van der Waals surface area (Å²) < 4.78 is 39.3. The van der Waals surface area contributed by atoms with E-state index in [1.54, 1.807) is 41.5 Å². The Hall–Kier alpha value is -2.96. The number of hydrogen-bond donors (Lipinski definition) is 4. The Morgan fingerprint density at radius 1 is 1.11 bits per heavy atom. The van der Waals surface area contributed by atoms with E-state index in [4.69, 9.17) is 32.2 Å². The number of fused-ring (bicyclic) bond motifs is 1. The molecule has 0 aliphatic heterocycles. The highest BCUT2D eigenvalue weighted by molar-refractivity contribution is 7.89. The van der Waals surface area contributed by atoms with Gasteiger partial charge in [0.15, 0.2) is 5.96 Å². The predicted octanol–water partition coefficient (Wildman–Crippen LogP) is 2.91. The van der Waals surface area contributed by atoms with Crippen LogP contribution in [0.15, 0.2) is 29.3 Å². The number of esters is 2. The molecule has 0 aliphatic carbocycles. The van der Waals surface area contributed by atoms with Gasteiger partial charge < -0.3 is 20.5 Å². The van der Waals surface area contributed by atoms with E-state index in [9.17, 15) is 18.0 Å². The lowest BCUT2D eigenvalue weighted by Crippen LogP contribution is -2.46. The van der Waals surface area contributed by atoms with Gasteiger partial charge in [0.05, 0.1) is 16.3 Å². The number of carbonyl (C=O) groups excluding carboxylic acids is 2. The first-order valence-corrected chi connectivity index (χ1v) is 12.4. The average molecular weight is 528 g/mol. The molecule has 35 heavy (non-hydrogen) atoms. The number of hydrogen-bond acceptors (Lipinski definition) is 8. The molecular formula is C22H30ClN5O6S. The van der Waals surface area contributed by atoms with Crippen LogP contribution in [-0.2, 0) is 29.1 Å². The van der Waals surface area contributed by atoms with Crippen LogP contribution in [0.5, 0.6) is 0 Å². The highest BCUT2D eigenvalue weighted by Gasteiger charge is 2.33. The van der Waals surface area contributed by atoms with Gasteiger partial charge in [-0.1, -0.05) is 17.7 Å². The molecule has 0 saturated heterocycles. The van der Waals surface area contributed by atoms with E-state index in [1.807, 2.05) is 0 Å². The van der Waals surface area contributed by atoms with Crippen molar-refractivity contribution in [3.63, 3.8) is 0 Å². The zero-order valence-corrected chi connectivity index (χ0v) is 21.9. The van der Waals surface area contributed by atoms with Crippen LogP contribution in [0.25, 0.3) is 10.8 Å². The van der Waals surface area contributed by atoms with Gasteiger partial charge >= 0.3 is 11.9 Å². The Kier molecular flexibility index (Phi) is 8.36. The molecule has 0 amide bonds. The summed E-state index contributed by atoms with van der Waals surface area (Å²) in [5.74, 6) is -2.00. The SMILES string of the molecule is CC(C)(C)OC(=O)C[C@@H](NS(=O)(=O)c1ccc2c(Cl)cnc(NC(=N)N)c2c1)C(=O)OC(C)(C)C. The summed E-state index contributed by atoms with van der Waals surface area (Å²) in [5, 5.41) is 11.0. The number of guanidine groups is 1. The van der Waals surface area contributed by atoms with Crippen molar-refractivity contribution in [3.8, 4) is 0 Å². The first-order chi connectivity index (χ1) is 15.9. The average Bonchev–Trinajstić information content (AvgIpc) is 2.66. The number of anilines is 1. The molecule has 1 aromatic carbocycles. The van der Waals surface area contributed by atoms with Gasteiger partial charge in [-0.2, -0.15) is 4.72 Å². The molecule has 0 fully saturated rings. The van der Waals surface area contributed by atoms with E-state index in [-0.39, 0.29) is 21.1 Å². The molecule has 13 heteroatoms. The molecule has 0 radical (unpaired) electrons. The fraction of sp³-hybridized carbons (Fsp3) is 0.455. The quantitative estimate of drug-likeness (QED) is 0.240. The van der Waals surface area contributed by atoms with Gasteiger partial charge in [-0.25, -0.2) is 13.4 Å². The highest BCUT2D eigenvalue weighted by atomic mass is 35.5. The molecule has 0 unspecified atom stereocenters. The predicted molar refractivity (Wildman–Crippen MR) is 133 cm³/mol. The molecule has 1 atom stereocenters. The maximum absolute atomic E-state index is 13.2. The van der Waals surface area contributed by atoms with Crippen molar-refractivity contribution in [3.05, 3.63) is 29.4 Å². The number of nitrogens with two attached hydrogens (primary N) is 1. The van der Waals surface area contributed by atoms with Gasteiger partial charge in [-0.3, -0.25) is 15.0 Å². The molecule has 0 aliphatic rings. The van der Waals surface area contributed by atoms with Crippen LogP contribution in [0, 0.1) is 5.41 Å². The van der Waals surface area contributed by atoms with E-state index >= 15 is 0 Å². The van der Waals surface area contributed by atoms with E-state index in [1.165, 1.54) is 24.4 Å². The van der Waals surface area contributed by atoms with Crippen LogP contribution in [0.3, 0.4) is 0 Å². The Morgan fingerprint density at radius 3 is 2.26 bits per heavy atom. The molecule has 5 N–H and O–H groups in total. The van der Waals surface area contributed by atoms with Crippen molar-refractivity contribution in [2.75, 3.05) is 5.32 Å². The summed E-state index contributed by atoms with van der Waals surface area (Å²) in [6, 6.07) is 2.46. The molecule has 2 rings (SSSR count). The molecule has 11 nitrogen and oxygen atoms in total. The van der Waals surface area contributed by atoms with E-state index < -0.39 is 51.6 Å². The molecule has 0 spiro atoms. The second-order valence-electron chi connectivity index (χ2n) is 9.70. The lowest BCUT2D eigenvalue weighted by atomic mass is 10.1. The third kappa shape index (κ3) is 8.34. The van der Waals surface area contributed by atoms with Crippen LogP contribution < -0.4 is 15.8 Å². The molecule has 1 aromatic heterocycles. The molecule has 2 aromatic rings. The van der Waals surface area contributed by atoms with Crippen molar-refractivity contribution >= 4 is 56.1 Å². The molecule has 0 bridgehead atoms. The fourth-order valence-electron chi connectivity index (χ4n) is 2.93. The topological polar surface area (TPSA) is 174 Å². The van der Waals surface area contributed by atoms with Crippen molar-refractivity contribution in [2.24, 2.45) is 5.73 Å². The van der Waals surface area contributed by atoms with Crippen molar-refractivity contribution in [1.82, 2.24) is 9.71 Å². The molecular weight excluding hydrogens is 498 g/mol. The number of nitrogens with one attached hydrogen (secondary N) is 3. The summed E-state index contributed by atoms with van der Waals surface area (Å²) in [5.41, 5.74) is 3.63. The van der Waals surface area contributed by atoms with Gasteiger partial charge in [0.2, 0.25) is 10.0 Å². The number of sulfonamides is 1. The minimum absolute atomic E-state index is 0.117. The number of carbonyl (C=O) groups is 2. The highest BCUT2D eigenvalue weighted by Crippen LogP contribution is 2.30. The number of aromatic nitrogens is 1. The monoisotopic (exact) mass is 527 g/mol. The lowest BCUT2D eigenvalue weighted by Gasteiger charge is -2.25. The normalized spacial score (nSPS) is 13.2. The standard InChI is InChI=1S/C22H30ClN5O6S/c1-21(2,3)33-17(29)10-16(19(30)34-22(4,5)6)28-35(31,32)12-7-8-13-14(9-12)18(27-20(24)25)26-11-15(13)23/h7-9,11,16,28H,10H2,1-6H3,(H4,24,25,26,27)/t16-/m1/s1. The molecule has 192 valence electrons. The molecule has 0 saturated carbocycles. The number of rotatable bonds is 7. The van der Waals surface area contributed by atoms with E-state index in [0.717, 1.165) is 0 Å². The van der Waals surface area contributed by atoms with E-state index in [0.29, 0.717) is 5.39 Å². The summed E-state index contributed by atoms with van der Waals surface area (Å²) >= 11 is 6.18. The maximum Gasteiger partial charge on any atom is 0.325 e. The zero-order valence-electron chi connectivity index (χ0n) is 20.4. The van der Waals surface area contributed by atoms with Crippen LogP contribution in [0.1, 0.15) is 48.0 Å². The Morgan fingerprint density at radius 2 is 1.71 bits per heavy atom.